The quantitative estimate of drug-likeness (QED) is 0.814. The molecule has 0 aromatic heterocycles. The molecule has 0 aliphatic heterocycles. The van der Waals surface area contributed by atoms with Gasteiger partial charge in [-0.2, -0.15) is 0 Å². The first kappa shape index (κ1) is 15.7. The summed E-state index contributed by atoms with van der Waals surface area (Å²) >= 11 is 0. The first-order chi connectivity index (χ1) is 8.81. The third-order valence-corrected chi connectivity index (χ3v) is 5.08. The Kier molecular flexibility index (Phi) is 5.54. The summed E-state index contributed by atoms with van der Waals surface area (Å²) in [5, 5.41) is 2.77. The second-order valence-electron chi connectivity index (χ2n) is 5.10. The van der Waals surface area contributed by atoms with Gasteiger partial charge in [-0.25, -0.2) is 0 Å². The molecule has 2 unspecified atom stereocenters. The normalized spacial score (nSPS) is 14.2. The first-order valence-electron chi connectivity index (χ1n) is 6.34. The monoisotopic (exact) mass is 282 g/mol. The van der Waals surface area contributed by atoms with Gasteiger partial charge in [0, 0.05) is 27.4 Å². The molecule has 19 heavy (non-hydrogen) atoms. The van der Waals surface area contributed by atoms with Crippen LogP contribution in [0.4, 0.5) is 11.4 Å². The second kappa shape index (κ2) is 6.70. The molecule has 1 aromatic carbocycles. The number of hydrogen-bond donors (Lipinski definition) is 2. The van der Waals surface area contributed by atoms with Crippen LogP contribution in [0.1, 0.15) is 26.3 Å². The lowest BCUT2D eigenvalue weighted by molar-refractivity contribution is -0.113. The fourth-order valence-corrected chi connectivity index (χ4v) is 2.73. The smallest absolute Gasteiger partial charge is 0.237 e. The van der Waals surface area contributed by atoms with Crippen LogP contribution in [0, 0.1) is 12.8 Å². The van der Waals surface area contributed by atoms with Crippen LogP contribution in [0.3, 0.4) is 0 Å². The Morgan fingerprint density at radius 1 is 1.37 bits per heavy atom. The van der Waals surface area contributed by atoms with Gasteiger partial charge in [0.25, 0.3) is 0 Å². The van der Waals surface area contributed by atoms with E-state index in [0.717, 1.165) is 5.56 Å². The number of amides is 1. The Morgan fingerprint density at radius 2 is 2.00 bits per heavy atom. The molecule has 0 saturated heterocycles. The molecule has 106 valence electrons. The molecular weight excluding hydrogens is 260 g/mol. The van der Waals surface area contributed by atoms with Gasteiger partial charge in [0.15, 0.2) is 0 Å². The third-order valence-electron chi connectivity index (χ3n) is 3.16. The molecule has 1 rings (SSSR count). The van der Waals surface area contributed by atoms with E-state index in [4.69, 9.17) is 5.73 Å². The summed E-state index contributed by atoms with van der Waals surface area (Å²) in [5.41, 5.74) is 7.89. The van der Waals surface area contributed by atoms with Crippen LogP contribution in [0.25, 0.3) is 0 Å². The van der Waals surface area contributed by atoms with Gasteiger partial charge in [0.2, 0.25) is 5.91 Å². The van der Waals surface area contributed by atoms with Crippen molar-refractivity contribution >= 4 is 28.1 Å². The fourth-order valence-electron chi connectivity index (χ4n) is 1.52. The summed E-state index contributed by atoms with van der Waals surface area (Å²) in [6, 6.07) is 5.34. The topological polar surface area (TPSA) is 72.2 Å². The van der Waals surface area contributed by atoms with Crippen molar-refractivity contribution in [1.29, 1.82) is 0 Å². The molecule has 0 heterocycles. The van der Waals surface area contributed by atoms with E-state index in [2.05, 4.69) is 5.32 Å². The number of carbonyl (C=O) groups is 1. The average Bonchev–Trinajstić information content (AvgIpc) is 2.32. The lowest BCUT2D eigenvalue weighted by atomic mass is 10.2. The van der Waals surface area contributed by atoms with E-state index in [9.17, 15) is 9.00 Å². The van der Waals surface area contributed by atoms with Crippen LogP contribution in [-0.2, 0) is 15.6 Å². The second-order valence-corrected chi connectivity index (χ2v) is 6.89. The predicted octanol–water partition coefficient (Wildman–Crippen LogP) is 2.31. The molecule has 1 amide bonds. The van der Waals surface area contributed by atoms with Gasteiger partial charge in [-0.3, -0.25) is 9.00 Å². The molecule has 4 nitrogen and oxygen atoms in total. The van der Waals surface area contributed by atoms with Crippen LogP contribution in [-0.4, -0.2) is 21.1 Å². The van der Waals surface area contributed by atoms with Crippen molar-refractivity contribution in [3.63, 3.8) is 0 Å². The molecule has 0 aliphatic carbocycles. The summed E-state index contributed by atoms with van der Waals surface area (Å²) in [6.07, 6.45) is 0. The number of carbonyl (C=O) groups excluding carboxylic acids is 1. The van der Waals surface area contributed by atoms with Crippen molar-refractivity contribution in [1.82, 2.24) is 0 Å². The van der Waals surface area contributed by atoms with E-state index >= 15 is 0 Å². The Bertz CT molecular complexity index is 486. The highest BCUT2D eigenvalue weighted by molar-refractivity contribution is 7.86. The maximum Gasteiger partial charge on any atom is 0.237 e. The van der Waals surface area contributed by atoms with Crippen molar-refractivity contribution in [2.45, 2.75) is 32.9 Å². The van der Waals surface area contributed by atoms with E-state index < -0.39 is 10.8 Å². The van der Waals surface area contributed by atoms with Crippen molar-refractivity contribution < 1.29 is 9.00 Å². The van der Waals surface area contributed by atoms with Crippen LogP contribution < -0.4 is 11.1 Å². The zero-order valence-corrected chi connectivity index (χ0v) is 12.7. The number of hydrogen-bond acceptors (Lipinski definition) is 3. The van der Waals surface area contributed by atoms with Gasteiger partial charge in [-0.15, -0.1) is 0 Å². The number of anilines is 2. The van der Waals surface area contributed by atoms with E-state index in [1.807, 2.05) is 33.8 Å². The van der Waals surface area contributed by atoms with E-state index in [-0.39, 0.29) is 16.9 Å². The summed E-state index contributed by atoms with van der Waals surface area (Å²) in [5.74, 6) is 0.0791. The molecule has 0 fully saturated rings. The lowest BCUT2D eigenvalue weighted by Gasteiger charge is -2.15. The standard InChI is InChI=1S/C14H22N2O2S/c1-9(2)11(4)19(18)8-14(17)16-13-7-12(15)6-5-10(13)3/h5-7,9,11H,8,15H2,1-4H3,(H,16,17). The minimum Gasteiger partial charge on any atom is -0.399 e. The maximum absolute atomic E-state index is 12.0. The maximum atomic E-state index is 12.0. The third kappa shape index (κ3) is 4.67. The Hall–Kier alpha value is -1.36. The molecule has 0 aliphatic rings. The number of aryl methyl sites for hydroxylation is 1. The number of rotatable bonds is 5. The van der Waals surface area contributed by atoms with Gasteiger partial charge < -0.3 is 11.1 Å². The van der Waals surface area contributed by atoms with Crippen LogP contribution in [0.5, 0.6) is 0 Å². The zero-order valence-electron chi connectivity index (χ0n) is 11.9. The molecule has 0 radical (unpaired) electrons. The number of benzene rings is 1. The Morgan fingerprint density at radius 3 is 2.58 bits per heavy atom. The summed E-state index contributed by atoms with van der Waals surface area (Å²) < 4.78 is 12.0. The molecule has 0 bridgehead atoms. The van der Waals surface area contributed by atoms with Crippen molar-refractivity contribution in [3.8, 4) is 0 Å². The first-order valence-corrected chi connectivity index (χ1v) is 7.72. The van der Waals surface area contributed by atoms with Gasteiger partial charge >= 0.3 is 0 Å². The largest absolute Gasteiger partial charge is 0.399 e. The fraction of sp³-hybridized carbons (Fsp3) is 0.500. The Labute approximate surface area is 117 Å². The highest BCUT2D eigenvalue weighted by Crippen LogP contribution is 2.18. The Balaban J connectivity index is 2.65. The number of nitrogens with two attached hydrogens (primary N) is 1. The van der Waals surface area contributed by atoms with E-state index in [1.54, 1.807) is 12.1 Å². The lowest BCUT2D eigenvalue weighted by Crippen LogP contribution is -2.27. The van der Waals surface area contributed by atoms with Crippen molar-refractivity contribution in [3.05, 3.63) is 23.8 Å². The minimum absolute atomic E-state index is 0.00712. The highest BCUT2D eigenvalue weighted by atomic mass is 32.2. The minimum atomic E-state index is -1.15. The van der Waals surface area contributed by atoms with Gasteiger partial charge in [-0.05, 0) is 30.5 Å². The molecule has 3 N–H and O–H groups in total. The molecule has 1 aromatic rings. The molecule has 2 atom stereocenters. The molecule has 5 heteroatoms. The van der Waals surface area contributed by atoms with Gasteiger partial charge in [0.05, 0.1) is 0 Å². The van der Waals surface area contributed by atoms with E-state index in [0.29, 0.717) is 17.3 Å². The van der Waals surface area contributed by atoms with Gasteiger partial charge in [-0.1, -0.05) is 26.8 Å². The molecule has 0 saturated carbocycles. The predicted molar refractivity (Wildman–Crippen MR) is 81.5 cm³/mol. The summed E-state index contributed by atoms with van der Waals surface area (Å²) in [7, 11) is -1.15. The summed E-state index contributed by atoms with van der Waals surface area (Å²) in [6.45, 7) is 7.80. The molecular formula is C14H22N2O2S. The van der Waals surface area contributed by atoms with Crippen LogP contribution in [0.15, 0.2) is 18.2 Å². The van der Waals surface area contributed by atoms with Crippen LogP contribution in [0.2, 0.25) is 0 Å². The van der Waals surface area contributed by atoms with Crippen LogP contribution >= 0.6 is 0 Å². The van der Waals surface area contributed by atoms with Gasteiger partial charge in [0.1, 0.15) is 5.75 Å². The number of nitrogen functional groups attached to an aromatic ring is 1. The van der Waals surface area contributed by atoms with E-state index in [1.165, 1.54) is 0 Å². The summed E-state index contributed by atoms with van der Waals surface area (Å²) in [4.78, 5) is 11.9. The zero-order chi connectivity index (χ0) is 14.6. The molecule has 0 spiro atoms. The SMILES string of the molecule is Cc1ccc(N)cc1NC(=O)CS(=O)C(C)C(C)C. The highest BCUT2D eigenvalue weighted by Gasteiger charge is 2.18. The average molecular weight is 282 g/mol. The van der Waals surface area contributed by atoms with Crippen molar-refractivity contribution in [2.75, 3.05) is 16.8 Å². The van der Waals surface area contributed by atoms with Crippen molar-refractivity contribution in [2.24, 2.45) is 5.92 Å². The number of nitrogens with one attached hydrogen (secondary N) is 1.